The Kier molecular flexibility index (Phi) is 6.98. The molecule has 0 aromatic carbocycles. The van der Waals surface area contributed by atoms with Crippen LogP contribution in [-0.4, -0.2) is 30.3 Å². The van der Waals surface area contributed by atoms with Crippen molar-refractivity contribution in [3.05, 3.63) is 0 Å². The molecule has 0 saturated heterocycles. The third kappa shape index (κ3) is 9.72. The first-order valence-corrected chi connectivity index (χ1v) is 8.38. The highest BCUT2D eigenvalue weighted by Gasteiger charge is 2.25. The van der Waals surface area contributed by atoms with Gasteiger partial charge in [0.05, 0.1) is 0 Å². The van der Waals surface area contributed by atoms with Crippen LogP contribution in [-0.2, 0) is 4.74 Å². The molecule has 2 atom stereocenters. The Bertz CT molecular complexity index is 319. The predicted octanol–water partition coefficient (Wildman–Crippen LogP) is 3.70. The second kappa shape index (κ2) is 8.02. The minimum Gasteiger partial charge on any atom is -0.444 e. The van der Waals surface area contributed by atoms with Gasteiger partial charge in [0.15, 0.2) is 0 Å². The van der Waals surface area contributed by atoms with Crippen LogP contribution in [0.4, 0.5) is 4.79 Å². The molecule has 1 saturated carbocycles. The largest absolute Gasteiger partial charge is 0.444 e. The molecule has 0 heterocycles. The first-order chi connectivity index (χ1) is 9.65. The van der Waals surface area contributed by atoms with Gasteiger partial charge in [0.1, 0.15) is 5.60 Å². The second-order valence-corrected chi connectivity index (χ2v) is 7.96. The normalized spacial score (nSPS) is 18.4. The molecule has 0 spiro atoms. The van der Waals surface area contributed by atoms with E-state index in [2.05, 4.69) is 31.4 Å². The molecule has 4 nitrogen and oxygen atoms in total. The van der Waals surface area contributed by atoms with Gasteiger partial charge in [-0.15, -0.1) is 0 Å². The molecule has 0 aromatic rings. The molecule has 0 aromatic heterocycles. The highest BCUT2D eigenvalue weighted by atomic mass is 16.6. The maximum Gasteiger partial charge on any atom is 0.407 e. The van der Waals surface area contributed by atoms with Crippen molar-refractivity contribution in [2.75, 3.05) is 6.54 Å². The number of amides is 1. The summed E-state index contributed by atoms with van der Waals surface area (Å²) in [6.07, 6.45) is 4.76. The first kappa shape index (κ1) is 18.3. The fourth-order valence-electron chi connectivity index (χ4n) is 2.62. The molecule has 0 bridgehead atoms. The Balaban J connectivity index is 2.35. The van der Waals surface area contributed by atoms with Crippen LogP contribution in [0.3, 0.4) is 0 Å². The number of nitrogens with one attached hydrogen (secondary N) is 2. The number of hydrogen-bond donors (Lipinski definition) is 2. The quantitative estimate of drug-likeness (QED) is 0.718. The molecule has 1 amide bonds. The summed E-state index contributed by atoms with van der Waals surface area (Å²) in [6.45, 7) is 13.0. The standard InChI is InChI=1S/C17H34N2O2/c1-12(2)9-15(19-13(3)10-14-7-8-14)11-18-16(20)21-17(4,5)6/h12-15,19H,7-11H2,1-6H3,(H,18,20). The minimum atomic E-state index is -0.440. The van der Waals surface area contributed by atoms with E-state index in [-0.39, 0.29) is 6.09 Å². The zero-order chi connectivity index (χ0) is 16.0. The van der Waals surface area contributed by atoms with Crippen molar-refractivity contribution >= 4 is 6.09 Å². The topological polar surface area (TPSA) is 50.4 Å². The van der Waals surface area contributed by atoms with Gasteiger partial charge in [0.2, 0.25) is 0 Å². The zero-order valence-corrected chi connectivity index (χ0v) is 14.7. The second-order valence-electron chi connectivity index (χ2n) is 7.96. The lowest BCUT2D eigenvalue weighted by molar-refractivity contribution is 0.0520. The van der Waals surface area contributed by atoms with E-state index < -0.39 is 5.60 Å². The Morgan fingerprint density at radius 3 is 2.33 bits per heavy atom. The van der Waals surface area contributed by atoms with Crippen molar-refractivity contribution in [3.8, 4) is 0 Å². The van der Waals surface area contributed by atoms with Crippen LogP contribution < -0.4 is 10.6 Å². The molecule has 0 radical (unpaired) electrons. The summed E-state index contributed by atoms with van der Waals surface area (Å²) < 4.78 is 5.29. The molecule has 1 aliphatic carbocycles. The van der Waals surface area contributed by atoms with Crippen LogP contribution in [0, 0.1) is 11.8 Å². The van der Waals surface area contributed by atoms with Gasteiger partial charge in [-0.1, -0.05) is 26.7 Å². The predicted molar refractivity (Wildman–Crippen MR) is 87.4 cm³/mol. The molecule has 4 heteroatoms. The van der Waals surface area contributed by atoms with Crippen molar-refractivity contribution in [2.45, 2.75) is 84.9 Å². The fourth-order valence-corrected chi connectivity index (χ4v) is 2.62. The van der Waals surface area contributed by atoms with Gasteiger partial charge in [-0.05, 0) is 52.4 Å². The number of carbonyl (C=O) groups excluding carboxylic acids is 1. The number of ether oxygens (including phenoxy) is 1. The Morgan fingerprint density at radius 1 is 1.24 bits per heavy atom. The average Bonchev–Trinajstić information content (AvgIpc) is 3.06. The van der Waals surface area contributed by atoms with Gasteiger partial charge in [0.25, 0.3) is 0 Å². The van der Waals surface area contributed by atoms with Gasteiger partial charge in [-0.25, -0.2) is 4.79 Å². The SMILES string of the molecule is CC(C)CC(CNC(=O)OC(C)(C)C)NC(C)CC1CC1. The first-order valence-electron chi connectivity index (χ1n) is 8.38. The third-order valence-electron chi connectivity index (χ3n) is 3.55. The van der Waals surface area contributed by atoms with Crippen LogP contribution in [0.5, 0.6) is 0 Å². The summed E-state index contributed by atoms with van der Waals surface area (Å²) in [5.74, 6) is 1.53. The smallest absolute Gasteiger partial charge is 0.407 e. The van der Waals surface area contributed by atoms with Crippen LogP contribution in [0.1, 0.15) is 67.2 Å². The molecule has 0 aliphatic heterocycles. The van der Waals surface area contributed by atoms with Crippen LogP contribution >= 0.6 is 0 Å². The third-order valence-corrected chi connectivity index (χ3v) is 3.55. The Hall–Kier alpha value is -0.770. The monoisotopic (exact) mass is 298 g/mol. The van der Waals surface area contributed by atoms with Gasteiger partial charge in [-0.3, -0.25) is 0 Å². The van der Waals surface area contributed by atoms with Gasteiger partial charge in [0, 0.05) is 18.6 Å². The van der Waals surface area contributed by atoms with E-state index in [1.807, 2.05) is 20.8 Å². The molecular weight excluding hydrogens is 264 g/mol. The summed E-state index contributed by atoms with van der Waals surface area (Å²) >= 11 is 0. The fraction of sp³-hybridized carbons (Fsp3) is 0.941. The number of rotatable bonds is 8. The highest BCUT2D eigenvalue weighted by Crippen LogP contribution is 2.33. The lowest BCUT2D eigenvalue weighted by atomic mass is 10.0. The van der Waals surface area contributed by atoms with Crippen LogP contribution in [0.2, 0.25) is 0 Å². The summed E-state index contributed by atoms with van der Waals surface area (Å²) in [5, 5.41) is 6.56. The van der Waals surface area contributed by atoms with E-state index in [9.17, 15) is 4.79 Å². The van der Waals surface area contributed by atoms with Crippen molar-refractivity contribution in [1.29, 1.82) is 0 Å². The van der Waals surface area contributed by atoms with Gasteiger partial charge >= 0.3 is 6.09 Å². The van der Waals surface area contributed by atoms with Crippen molar-refractivity contribution in [2.24, 2.45) is 11.8 Å². The maximum absolute atomic E-state index is 11.8. The Labute approximate surface area is 130 Å². The lowest BCUT2D eigenvalue weighted by Gasteiger charge is -2.26. The number of carbonyl (C=O) groups is 1. The summed E-state index contributed by atoms with van der Waals surface area (Å²) in [7, 11) is 0. The number of alkyl carbamates (subject to hydrolysis) is 1. The molecule has 1 rings (SSSR count). The molecule has 2 unspecified atom stereocenters. The summed E-state index contributed by atoms with van der Waals surface area (Å²) in [5.41, 5.74) is -0.440. The number of hydrogen-bond acceptors (Lipinski definition) is 3. The van der Waals surface area contributed by atoms with Crippen molar-refractivity contribution in [3.63, 3.8) is 0 Å². The molecule has 1 aliphatic rings. The lowest BCUT2D eigenvalue weighted by Crippen LogP contribution is -2.46. The van der Waals surface area contributed by atoms with E-state index >= 15 is 0 Å². The summed E-state index contributed by atoms with van der Waals surface area (Å²) in [4.78, 5) is 11.8. The summed E-state index contributed by atoms with van der Waals surface area (Å²) in [6, 6.07) is 0.827. The highest BCUT2D eigenvalue weighted by molar-refractivity contribution is 5.67. The van der Waals surface area contributed by atoms with Crippen LogP contribution in [0.25, 0.3) is 0 Å². The maximum atomic E-state index is 11.8. The van der Waals surface area contributed by atoms with Crippen molar-refractivity contribution < 1.29 is 9.53 Å². The molecule has 2 N–H and O–H groups in total. The van der Waals surface area contributed by atoms with Crippen molar-refractivity contribution in [1.82, 2.24) is 10.6 Å². The average molecular weight is 298 g/mol. The van der Waals surface area contributed by atoms with E-state index in [1.165, 1.54) is 19.3 Å². The molecule has 21 heavy (non-hydrogen) atoms. The Morgan fingerprint density at radius 2 is 1.86 bits per heavy atom. The minimum absolute atomic E-state index is 0.311. The molecule has 124 valence electrons. The zero-order valence-electron chi connectivity index (χ0n) is 14.7. The van der Waals surface area contributed by atoms with E-state index in [4.69, 9.17) is 4.74 Å². The van der Waals surface area contributed by atoms with E-state index in [0.717, 1.165) is 12.3 Å². The van der Waals surface area contributed by atoms with Gasteiger partial charge < -0.3 is 15.4 Å². The van der Waals surface area contributed by atoms with Crippen LogP contribution in [0.15, 0.2) is 0 Å². The molecule has 1 fully saturated rings. The van der Waals surface area contributed by atoms with E-state index in [1.54, 1.807) is 0 Å². The molecular formula is C17H34N2O2. The van der Waals surface area contributed by atoms with Gasteiger partial charge in [-0.2, -0.15) is 0 Å². The van der Waals surface area contributed by atoms with E-state index in [0.29, 0.717) is 24.5 Å².